The van der Waals surface area contributed by atoms with Crippen molar-refractivity contribution in [1.29, 1.82) is 0 Å². The summed E-state index contributed by atoms with van der Waals surface area (Å²) in [4.78, 5) is 0. The molecule has 0 amide bonds. The largest absolute Gasteiger partial charge is 0.120 e. The van der Waals surface area contributed by atoms with Gasteiger partial charge in [0.1, 0.15) is 0 Å². The van der Waals surface area contributed by atoms with Crippen molar-refractivity contribution in [2.24, 2.45) is 11.8 Å². The molecule has 4 aromatic carbocycles. The van der Waals surface area contributed by atoms with E-state index in [1.165, 1.54) is 66.4 Å². The number of fused-ring (bicyclic) bond motifs is 5. The van der Waals surface area contributed by atoms with Gasteiger partial charge in [0.15, 0.2) is 0 Å². The molecule has 3 unspecified atom stereocenters. The van der Waals surface area contributed by atoms with Crippen molar-refractivity contribution in [3.63, 3.8) is 0 Å². The summed E-state index contributed by atoms with van der Waals surface area (Å²) in [6.45, 7) is 2.34. The maximum Gasteiger partial charge on any atom is 0.00356 e. The van der Waals surface area contributed by atoms with Gasteiger partial charge in [-0.2, -0.15) is 0 Å². The molecule has 0 spiro atoms. The van der Waals surface area contributed by atoms with Crippen LogP contribution >= 0.6 is 0 Å². The third-order valence-corrected chi connectivity index (χ3v) is 9.55. The van der Waals surface area contributed by atoms with Crippen LogP contribution in [0.4, 0.5) is 0 Å². The molecule has 0 aromatic heterocycles. The number of hydrogen-bond acceptors (Lipinski definition) is 0. The van der Waals surface area contributed by atoms with E-state index in [1.807, 2.05) is 6.08 Å². The van der Waals surface area contributed by atoms with E-state index in [4.69, 9.17) is 0 Å². The van der Waals surface area contributed by atoms with Crippen LogP contribution < -0.4 is 0 Å². The molecule has 2 bridgehead atoms. The lowest BCUT2D eigenvalue weighted by molar-refractivity contribution is 0.647. The smallest absolute Gasteiger partial charge is 0.00356 e. The predicted molar refractivity (Wildman–Crippen MR) is 185 cm³/mol. The zero-order valence-corrected chi connectivity index (χ0v) is 24.5. The topological polar surface area (TPSA) is 0 Å². The van der Waals surface area contributed by atoms with Crippen molar-refractivity contribution in [2.45, 2.75) is 25.7 Å². The highest BCUT2D eigenvalue weighted by molar-refractivity contribution is 6.12. The molecule has 4 aliphatic carbocycles. The van der Waals surface area contributed by atoms with E-state index >= 15 is 0 Å². The molecule has 0 N–H and O–H groups in total. The molecule has 0 heterocycles. The molecule has 3 atom stereocenters. The Bertz CT molecular complexity index is 2010. The molecular weight excluding hydrogens is 516 g/mol. The van der Waals surface area contributed by atoms with Crippen LogP contribution in [0.5, 0.6) is 0 Å². The molecule has 0 nitrogen and oxygen atoms in total. The van der Waals surface area contributed by atoms with E-state index in [-0.39, 0.29) is 0 Å². The highest BCUT2D eigenvalue weighted by atomic mass is 14.3. The van der Waals surface area contributed by atoms with Crippen molar-refractivity contribution in [3.05, 3.63) is 161 Å². The van der Waals surface area contributed by atoms with Gasteiger partial charge in [-0.15, -0.1) is 5.73 Å². The molecule has 206 valence electrons. The van der Waals surface area contributed by atoms with Crippen LogP contribution in [0.15, 0.2) is 133 Å². The summed E-state index contributed by atoms with van der Waals surface area (Å²) in [7, 11) is 0. The van der Waals surface area contributed by atoms with Gasteiger partial charge in [0.2, 0.25) is 0 Å². The highest BCUT2D eigenvalue weighted by Gasteiger charge is 2.23. The molecule has 4 aliphatic rings. The van der Waals surface area contributed by atoms with Crippen LogP contribution in [0.2, 0.25) is 0 Å². The Labute approximate surface area is 254 Å². The third-order valence-electron chi connectivity index (χ3n) is 9.55. The second-order valence-electron chi connectivity index (χ2n) is 12.2. The van der Waals surface area contributed by atoms with E-state index in [9.17, 15) is 0 Å². The molecule has 4 aromatic rings. The summed E-state index contributed by atoms with van der Waals surface area (Å²) in [6.07, 6.45) is 31.4. The number of hydrogen-bond donors (Lipinski definition) is 0. The fourth-order valence-corrected chi connectivity index (χ4v) is 7.38. The minimum atomic E-state index is 0.422. The Morgan fingerprint density at radius 2 is 1.44 bits per heavy atom. The van der Waals surface area contributed by atoms with Crippen molar-refractivity contribution in [2.75, 3.05) is 0 Å². The fraction of sp³-hybridized carbons (Fsp3) is 0.140. The van der Waals surface area contributed by atoms with E-state index in [2.05, 4.69) is 152 Å². The van der Waals surface area contributed by atoms with Crippen molar-refractivity contribution in [3.8, 4) is 22.3 Å². The zero-order chi connectivity index (χ0) is 28.8. The number of rotatable bonds is 3. The average Bonchev–Trinajstić information content (AvgIpc) is 3.52. The Balaban J connectivity index is 1.30. The van der Waals surface area contributed by atoms with Gasteiger partial charge in [0.05, 0.1) is 0 Å². The van der Waals surface area contributed by atoms with Gasteiger partial charge in [0.25, 0.3) is 0 Å². The lowest BCUT2D eigenvalue weighted by atomic mass is 9.81. The monoisotopic (exact) mass is 550 g/mol. The molecule has 0 radical (unpaired) electrons. The van der Waals surface area contributed by atoms with Gasteiger partial charge in [-0.05, 0) is 103 Å². The summed E-state index contributed by atoms with van der Waals surface area (Å²) in [6, 6.07) is 25.3. The Hall–Kier alpha value is -4.90. The Kier molecular flexibility index (Phi) is 6.44. The van der Waals surface area contributed by atoms with Crippen LogP contribution in [-0.2, 0) is 0 Å². The molecule has 0 saturated heterocycles. The molecule has 0 fully saturated rings. The normalized spacial score (nSPS) is 21.2. The third kappa shape index (κ3) is 4.56. The second kappa shape index (κ2) is 10.7. The SMILES string of the molecule is CC1CC=Cc2ccc(-c3c4c(c(-c5ccc(C6=CC=CC7C=CC=CC6C7)cc5)c5ccccc35)C=CC=C=C4)cc21. The van der Waals surface area contributed by atoms with Crippen LogP contribution in [0.25, 0.3) is 56.8 Å². The van der Waals surface area contributed by atoms with Crippen molar-refractivity contribution < 1.29 is 0 Å². The Morgan fingerprint density at radius 1 is 0.698 bits per heavy atom. The van der Waals surface area contributed by atoms with Gasteiger partial charge in [-0.3, -0.25) is 0 Å². The van der Waals surface area contributed by atoms with E-state index < -0.39 is 0 Å². The minimum Gasteiger partial charge on any atom is -0.120 e. The zero-order valence-electron chi connectivity index (χ0n) is 24.5. The first kappa shape index (κ1) is 25.8. The van der Waals surface area contributed by atoms with Crippen molar-refractivity contribution >= 4 is 34.6 Å². The van der Waals surface area contributed by atoms with E-state index in [1.54, 1.807) is 0 Å². The average molecular weight is 551 g/mol. The summed E-state index contributed by atoms with van der Waals surface area (Å²) < 4.78 is 0. The summed E-state index contributed by atoms with van der Waals surface area (Å²) in [5.41, 5.74) is 16.5. The van der Waals surface area contributed by atoms with Gasteiger partial charge < -0.3 is 0 Å². The maximum atomic E-state index is 3.44. The lowest BCUT2D eigenvalue weighted by Gasteiger charge is -2.23. The van der Waals surface area contributed by atoms with Gasteiger partial charge in [-0.1, -0.05) is 140 Å². The maximum absolute atomic E-state index is 3.44. The molecule has 8 rings (SSSR count). The Morgan fingerprint density at radius 3 is 2.30 bits per heavy atom. The number of benzene rings is 4. The van der Waals surface area contributed by atoms with Crippen LogP contribution in [0.1, 0.15) is 53.5 Å². The first-order chi connectivity index (χ1) is 21.2. The predicted octanol–water partition coefficient (Wildman–Crippen LogP) is 11.6. The first-order valence-electron chi connectivity index (χ1n) is 15.6. The first-order valence-corrected chi connectivity index (χ1v) is 15.6. The molecule has 0 saturated carbocycles. The van der Waals surface area contributed by atoms with Crippen LogP contribution in [-0.4, -0.2) is 0 Å². The summed E-state index contributed by atoms with van der Waals surface area (Å²) in [5.74, 6) is 1.44. The lowest BCUT2D eigenvalue weighted by Crippen LogP contribution is -2.03. The van der Waals surface area contributed by atoms with E-state index in [0.29, 0.717) is 17.8 Å². The molecule has 0 aliphatic heterocycles. The van der Waals surface area contributed by atoms with Gasteiger partial charge >= 0.3 is 0 Å². The quantitative estimate of drug-likeness (QED) is 0.223. The standard InChI is InChI=1S/C43H34/c1-29-11-9-15-31-23-26-35(28-41(29)31)43-39-17-4-2-3-16-37(39)42(38-18-7-8-19-40(38)43)33-24-21-32(22-25-33)36-20-10-13-30-12-5-6-14-34(36)27-30/h2-3,5-10,12-26,28-30,34H,11,27H2,1H3. The van der Waals surface area contributed by atoms with Crippen molar-refractivity contribution in [1.82, 2.24) is 0 Å². The molecule has 0 heteroatoms. The van der Waals surface area contributed by atoms with E-state index in [0.717, 1.165) is 12.8 Å². The van der Waals surface area contributed by atoms with Crippen LogP contribution in [0, 0.1) is 11.8 Å². The van der Waals surface area contributed by atoms with Gasteiger partial charge in [0, 0.05) is 5.92 Å². The van der Waals surface area contributed by atoms with Gasteiger partial charge in [-0.25, -0.2) is 0 Å². The summed E-state index contributed by atoms with van der Waals surface area (Å²) >= 11 is 0. The molecule has 43 heavy (non-hydrogen) atoms. The molecular formula is C43H34. The summed E-state index contributed by atoms with van der Waals surface area (Å²) in [5, 5.41) is 2.57. The highest BCUT2D eigenvalue weighted by Crippen LogP contribution is 2.45. The second-order valence-corrected chi connectivity index (χ2v) is 12.2. The minimum absolute atomic E-state index is 0.422. The number of allylic oxidation sites excluding steroid dienone is 11. The van der Waals surface area contributed by atoms with Crippen LogP contribution in [0.3, 0.4) is 0 Å². The fourth-order valence-electron chi connectivity index (χ4n) is 7.38.